The Morgan fingerprint density at radius 1 is 1.42 bits per heavy atom. The molecule has 19 heavy (non-hydrogen) atoms. The summed E-state index contributed by atoms with van der Waals surface area (Å²) in [5.74, 6) is 0. The minimum atomic E-state index is -0.409. The Balaban J connectivity index is 2.22. The van der Waals surface area contributed by atoms with E-state index in [-0.39, 0.29) is 5.69 Å². The van der Waals surface area contributed by atoms with E-state index in [1.54, 1.807) is 12.1 Å². The van der Waals surface area contributed by atoms with Crippen LogP contribution >= 0.6 is 0 Å². The predicted molar refractivity (Wildman–Crippen MR) is 72.3 cm³/mol. The first-order valence-corrected chi connectivity index (χ1v) is 6.25. The zero-order chi connectivity index (χ0) is 13.7. The molecule has 0 spiro atoms. The molecule has 1 aliphatic rings. The lowest BCUT2D eigenvalue weighted by Gasteiger charge is -2.08. The highest BCUT2D eigenvalue weighted by molar-refractivity contribution is 5.52. The number of hydrogen-bond donors (Lipinski definition) is 0. The van der Waals surface area contributed by atoms with Crippen LogP contribution in [0.15, 0.2) is 41.2 Å². The Morgan fingerprint density at radius 3 is 2.79 bits per heavy atom. The van der Waals surface area contributed by atoms with Gasteiger partial charge in [-0.15, -0.1) is 11.7 Å². The van der Waals surface area contributed by atoms with Gasteiger partial charge in [-0.25, -0.2) is 0 Å². The summed E-state index contributed by atoms with van der Waals surface area (Å²) in [4.78, 5) is 10.3. The number of non-ortho nitro benzene ring substituents is 1. The average Bonchev–Trinajstić information content (AvgIpc) is 2.90. The number of nitro groups is 1. The highest BCUT2D eigenvalue weighted by atomic mass is 16.6. The van der Waals surface area contributed by atoms with Gasteiger partial charge in [0.1, 0.15) is 0 Å². The Kier molecular flexibility index (Phi) is 4.22. The van der Waals surface area contributed by atoms with E-state index in [0.717, 1.165) is 31.5 Å². The Hall–Kier alpha value is -2.24. The number of rotatable bonds is 5. The highest BCUT2D eigenvalue weighted by Gasteiger charge is 2.11. The maximum atomic E-state index is 10.8. The van der Waals surface area contributed by atoms with E-state index in [0.29, 0.717) is 12.1 Å². The van der Waals surface area contributed by atoms with Crippen LogP contribution in [0.5, 0.6) is 0 Å². The van der Waals surface area contributed by atoms with E-state index in [2.05, 4.69) is 16.9 Å². The van der Waals surface area contributed by atoms with Gasteiger partial charge in [0.05, 0.1) is 10.6 Å². The van der Waals surface area contributed by atoms with Crippen LogP contribution in [0.3, 0.4) is 0 Å². The lowest BCUT2D eigenvalue weighted by atomic mass is 10.1. The van der Waals surface area contributed by atoms with Gasteiger partial charge >= 0.3 is 0 Å². The van der Waals surface area contributed by atoms with Crippen LogP contribution in [0.4, 0.5) is 11.4 Å². The normalized spacial score (nSPS) is 15.1. The monoisotopic (exact) mass is 260 g/mol. The molecule has 1 aliphatic heterocycles. The predicted octanol–water partition coefficient (Wildman–Crippen LogP) is 3.42. The molecule has 0 radical (unpaired) electrons. The summed E-state index contributed by atoms with van der Waals surface area (Å²) < 4.78 is 0. The maximum Gasteiger partial charge on any atom is 0.269 e. The molecule has 0 atom stereocenters. The van der Waals surface area contributed by atoms with Crippen molar-refractivity contribution in [2.45, 2.75) is 19.3 Å². The number of hydrogen-bond acceptors (Lipinski definition) is 4. The summed E-state index contributed by atoms with van der Waals surface area (Å²) in [6.45, 7) is 5.50. The van der Waals surface area contributed by atoms with Crippen LogP contribution < -0.4 is 0 Å². The Bertz CT molecular complexity index is 507. The van der Waals surface area contributed by atoms with E-state index >= 15 is 0 Å². The number of nitro benzene ring substituents is 1. The minimum absolute atomic E-state index is 0.0666. The molecule has 6 heteroatoms. The molecule has 1 heterocycles. The molecule has 0 aromatic heterocycles. The fraction of sp³-hybridized carbons (Fsp3) is 0.385. The molecule has 0 aliphatic carbocycles. The SMILES string of the molecule is C=CCc1cc([N+](=O)[O-])ccc1N=NN1CCCC1. The third kappa shape index (κ3) is 3.37. The van der Waals surface area contributed by atoms with Gasteiger partial charge in [-0.3, -0.25) is 15.1 Å². The first kappa shape index (κ1) is 13.2. The Labute approximate surface area is 111 Å². The molecule has 0 N–H and O–H groups in total. The number of nitrogens with zero attached hydrogens (tertiary/aromatic N) is 4. The standard InChI is InChI=1S/C13H16N4O2/c1-2-5-11-10-12(17(18)19)6-7-13(11)14-15-16-8-3-4-9-16/h2,6-7,10H,1,3-5,8-9H2. The second-order valence-electron chi connectivity index (χ2n) is 4.41. The van der Waals surface area contributed by atoms with Crippen molar-refractivity contribution in [3.8, 4) is 0 Å². The largest absolute Gasteiger partial charge is 0.278 e. The van der Waals surface area contributed by atoms with Gasteiger partial charge in [0.15, 0.2) is 0 Å². The van der Waals surface area contributed by atoms with Gasteiger partial charge in [0, 0.05) is 25.2 Å². The molecule has 6 nitrogen and oxygen atoms in total. The fourth-order valence-electron chi connectivity index (χ4n) is 2.00. The fourth-order valence-corrected chi connectivity index (χ4v) is 2.00. The van der Waals surface area contributed by atoms with Gasteiger partial charge in [-0.1, -0.05) is 11.3 Å². The second-order valence-corrected chi connectivity index (χ2v) is 4.41. The van der Waals surface area contributed by atoms with E-state index < -0.39 is 4.92 Å². The summed E-state index contributed by atoms with van der Waals surface area (Å²) in [6.07, 6.45) is 4.52. The first-order chi connectivity index (χ1) is 9.20. The van der Waals surface area contributed by atoms with Gasteiger partial charge in [-0.05, 0) is 30.9 Å². The van der Waals surface area contributed by atoms with Crippen molar-refractivity contribution in [1.82, 2.24) is 5.01 Å². The highest BCUT2D eigenvalue weighted by Crippen LogP contribution is 2.26. The molecule has 0 saturated carbocycles. The van der Waals surface area contributed by atoms with Gasteiger partial charge in [-0.2, -0.15) is 0 Å². The number of benzene rings is 1. The van der Waals surface area contributed by atoms with Gasteiger partial charge in [0.25, 0.3) is 5.69 Å². The van der Waals surface area contributed by atoms with Gasteiger partial charge < -0.3 is 0 Å². The summed E-state index contributed by atoms with van der Waals surface area (Å²) in [7, 11) is 0. The zero-order valence-corrected chi connectivity index (χ0v) is 10.7. The van der Waals surface area contributed by atoms with Crippen molar-refractivity contribution in [1.29, 1.82) is 0 Å². The van der Waals surface area contributed by atoms with Crippen molar-refractivity contribution in [2.75, 3.05) is 13.1 Å². The topological polar surface area (TPSA) is 71.1 Å². The first-order valence-electron chi connectivity index (χ1n) is 6.25. The lowest BCUT2D eigenvalue weighted by molar-refractivity contribution is -0.384. The summed E-state index contributed by atoms with van der Waals surface area (Å²) in [5.41, 5.74) is 1.50. The summed E-state index contributed by atoms with van der Waals surface area (Å²) >= 11 is 0. The van der Waals surface area contributed by atoms with E-state index in [1.807, 2.05) is 5.01 Å². The van der Waals surface area contributed by atoms with E-state index in [1.165, 1.54) is 12.1 Å². The molecule has 0 bridgehead atoms. The second kappa shape index (κ2) is 6.08. The molecule has 100 valence electrons. The van der Waals surface area contributed by atoms with Crippen LogP contribution in [0.2, 0.25) is 0 Å². The average molecular weight is 260 g/mol. The smallest absolute Gasteiger partial charge is 0.269 e. The quantitative estimate of drug-likeness (QED) is 0.352. The van der Waals surface area contributed by atoms with E-state index in [9.17, 15) is 10.1 Å². The van der Waals surface area contributed by atoms with Gasteiger partial charge in [0.2, 0.25) is 0 Å². The lowest BCUT2D eigenvalue weighted by Crippen LogP contribution is -2.09. The third-order valence-corrected chi connectivity index (χ3v) is 3.00. The summed E-state index contributed by atoms with van der Waals surface area (Å²) in [5, 5.41) is 21.0. The molecule has 2 rings (SSSR count). The van der Waals surface area contributed by atoms with Crippen molar-refractivity contribution in [3.05, 3.63) is 46.5 Å². The molecule has 1 aromatic rings. The van der Waals surface area contributed by atoms with Crippen LogP contribution in [-0.2, 0) is 6.42 Å². The zero-order valence-electron chi connectivity index (χ0n) is 10.7. The third-order valence-electron chi connectivity index (χ3n) is 3.00. The van der Waals surface area contributed by atoms with Crippen LogP contribution in [0, 0.1) is 10.1 Å². The van der Waals surface area contributed by atoms with Crippen molar-refractivity contribution in [3.63, 3.8) is 0 Å². The molecular weight excluding hydrogens is 244 g/mol. The molecule has 1 aromatic carbocycles. The Morgan fingerprint density at radius 2 is 2.16 bits per heavy atom. The van der Waals surface area contributed by atoms with Crippen LogP contribution in [0.25, 0.3) is 0 Å². The van der Waals surface area contributed by atoms with Crippen molar-refractivity contribution >= 4 is 11.4 Å². The van der Waals surface area contributed by atoms with E-state index in [4.69, 9.17) is 0 Å². The molecule has 1 fully saturated rings. The maximum absolute atomic E-state index is 10.8. The van der Waals surface area contributed by atoms with Crippen LogP contribution in [0.1, 0.15) is 18.4 Å². The van der Waals surface area contributed by atoms with Crippen molar-refractivity contribution < 1.29 is 4.92 Å². The molecule has 1 saturated heterocycles. The number of allylic oxidation sites excluding steroid dienone is 1. The minimum Gasteiger partial charge on any atom is -0.278 e. The van der Waals surface area contributed by atoms with Crippen molar-refractivity contribution in [2.24, 2.45) is 10.3 Å². The summed E-state index contributed by atoms with van der Waals surface area (Å²) in [6, 6.07) is 4.61. The molecule has 0 unspecified atom stereocenters. The molecular formula is C13H16N4O2. The molecule has 0 amide bonds. The van der Waals surface area contributed by atoms with Crippen LogP contribution in [-0.4, -0.2) is 23.0 Å².